The summed E-state index contributed by atoms with van der Waals surface area (Å²) in [5.74, 6) is -0.466. The SMILES string of the molecule is O=C(N/N=C/c1ccc2c(c1)OCO2)C(=O)Nc1ccc(Cl)cc1. The van der Waals surface area contributed by atoms with Crippen LogP contribution in [0.1, 0.15) is 5.56 Å². The highest BCUT2D eigenvalue weighted by Gasteiger charge is 2.14. The molecule has 2 aromatic carbocycles. The lowest BCUT2D eigenvalue weighted by molar-refractivity contribution is -0.136. The highest BCUT2D eigenvalue weighted by molar-refractivity contribution is 6.39. The van der Waals surface area contributed by atoms with Crippen LogP contribution in [0.5, 0.6) is 11.5 Å². The molecule has 0 spiro atoms. The summed E-state index contributed by atoms with van der Waals surface area (Å²) in [4.78, 5) is 23.4. The molecule has 2 amide bonds. The Hall–Kier alpha value is -3.06. The molecule has 0 saturated heterocycles. The minimum Gasteiger partial charge on any atom is -0.454 e. The number of ether oxygens (including phenoxy) is 2. The fourth-order valence-electron chi connectivity index (χ4n) is 1.93. The van der Waals surface area contributed by atoms with Gasteiger partial charge < -0.3 is 14.8 Å². The quantitative estimate of drug-likeness (QED) is 0.507. The molecule has 122 valence electrons. The largest absolute Gasteiger partial charge is 0.454 e. The average Bonchev–Trinajstić information content (AvgIpc) is 3.04. The predicted molar refractivity (Wildman–Crippen MR) is 88.4 cm³/mol. The maximum atomic E-state index is 11.7. The Morgan fingerprint density at radius 1 is 1.04 bits per heavy atom. The van der Waals surface area contributed by atoms with Crippen LogP contribution < -0.4 is 20.2 Å². The average molecular weight is 346 g/mol. The smallest absolute Gasteiger partial charge is 0.329 e. The van der Waals surface area contributed by atoms with E-state index in [9.17, 15) is 9.59 Å². The molecule has 8 heteroatoms. The molecule has 2 aromatic rings. The number of anilines is 1. The monoisotopic (exact) mass is 345 g/mol. The number of halogens is 1. The van der Waals surface area contributed by atoms with Gasteiger partial charge in [-0.2, -0.15) is 5.10 Å². The second-order valence-electron chi connectivity index (χ2n) is 4.77. The Kier molecular flexibility index (Phi) is 4.62. The number of carbonyl (C=O) groups excluding carboxylic acids is 2. The van der Waals surface area contributed by atoms with Gasteiger partial charge in [0, 0.05) is 10.7 Å². The Bertz CT molecular complexity index is 805. The van der Waals surface area contributed by atoms with Gasteiger partial charge in [0.25, 0.3) is 0 Å². The number of nitrogens with zero attached hydrogens (tertiary/aromatic N) is 1. The van der Waals surface area contributed by atoms with Crippen molar-refractivity contribution in [2.24, 2.45) is 5.10 Å². The van der Waals surface area contributed by atoms with Gasteiger partial charge in [0.15, 0.2) is 11.5 Å². The topological polar surface area (TPSA) is 89.0 Å². The van der Waals surface area contributed by atoms with Crippen LogP contribution in [0, 0.1) is 0 Å². The van der Waals surface area contributed by atoms with Crippen molar-refractivity contribution in [1.82, 2.24) is 5.43 Å². The Morgan fingerprint density at radius 3 is 2.58 bits per heavy atom. The Labute approximate surface area is 142 Å². The third-order valence-electron chi connectivity index (χ3n) is 3.08. The molecule has 0 atom stereocenters. The van der Waals surface area contributed by atoms with Crippen LogP contribution in [0.25, 0.3) is 0 Å². The van der Waals surface area contributed by atoms with Crippen molar-refractivity contribution in [1.29, 1.82) is 0 Å². The standard InChI is InChI=1S/C16H12ClN3O4/c17-11-2-4-12(5-3-11)19-15(21)16(22)20-18-8-10-1-6-13-14(7-10)24-9-23-13/h1-8H,9H2,(H,19,21)(H,20,22)/b18-8+. The zero-order chi connectivity index (χ0) is 16.9. The summed E-state index contributed by atoms with van der Waals surface area (Å²) in [6.45, 7) is 0.178. The van der Waals surface area contributed by atoms with Gasteiger partial charge in [0.2, 0.25) is 6.79 Å². The van der Waals surface area contributed by atoms with Gasteiger partial charge in [-0.15, -0.1) is 0 Å². The van der Waals surface area contributed by atoms with Gasteiger partial charge in [0.1, 0.15) is 0 Å². The first-order valence-electron chi connectivity index (χ1n) is 6.91. The number of benzene rings is 2. The lowest BCUT2D eigenvalue weighted by Crippen LogP contribution is -2.32. The molecule has 0 saturated carbocycles. The van der Waals surface area contributed by atoms with E-state index < -0.39 is 11.8 Å². The molecule has 0 radical (unpaired) electrons. The molecule has 0 aromatic heterocycles. The van der Waals surface area contributed by atoms with Crippen LogP contribution in [-0.4, -0.2) is 24.8 Å². The number of rotatable bonds is 3. The van der Waals surface area contributed by atoms with E-state index in [1.54, 1.807) is 42.5 Å². The fraction of sp³-hybridized carbons (Fsp3) is 0.0625. The van der Waals surface area contributed by atoms with Gasteiger partial charge in [-0.1, -0.05) is 11.6 Å². The van der Waals surface area contributed by atoms with Gasteiger partial charge in [-0.05, 0) is 48.0 Å². The minimum absolute atomic E-state index is 0.178. The molecule has 0 fully saturated rings. The van der Waals surface area contributed by atoms with Gasteiger partial charge in [-0.25, -0.2) is 5.43 Å². The van der Waals surface area contributed by atoms with Crippen molar-refractivity contribution in [3.8, 4) is 11.5 Å². The molecule has 0 aliphatic carbocycles. The maximum Gasteiger partial charge on any atom is 0.329 e. The molecule has 1 aliphatic rings. The number of hydrogen-bond acceptors (Lipinski definition) is 5. The first-order valence-corrected chi connectivity index (χ1v) is 7.29. The van der Waals surface area contributed by atoms with Crippen LogP contribution in [0.4, 0.5) is 5.69 Å². The number of hydrazone groups is 1. The molecule has 0 unspecified atom stereocenters. The summed E-state index contributed by atoms with van der Waals surface area (Å²) >= 11 is 5.74. The number of fused-ring (bicyclic) bond motifs is 1. The second kappa shape index (κ2) is 7.01. The van der Waals surface area contributed by atoms with Crippen molar-refractivity contribution in [3.05, 3.63) is 53.1 Å². The summed E-state index contributed by atoms with van der Waals surface area (Å²) < 4.78 is 10.4. The summed E-state index contributed by atoms with van der Waals surface area (Å²) in [7, 11) is 0. The van der Waals surface area contributed by atoms with Crippen LogP contribution in [0.2, 0.25) is 5.02 Å². The highest BCUT2D eigenvalue weighted by Crippen LogP contribution is 2.31. The third kappa shape index (κ3) is 3.82. The minimum atomic E-state index is -0.887. The lowest BCUT2D eigenvalue weighted by atomic mass is 10.2. The van der Waals surface area contributed by atoms with E-state index >= 15 is 0 Å². The molecular weight excluding hydrogens is 334 g/mol. The molecule has 7 nitrogen and oxygen atoms in total. The number of amides is 2. The highest BCUT2D eigenvalue weighted by atomic mass is 35.5. The summed E-state index contributed by atoms with van der Waals surface area (Å²) in [6, 6.07) is 11.6. The molecule has 0 bridgehead atoms. The van der Waals surface area contributed by atoms with Crippen molar-refractivity contribution >= 4 is 35.3 Å². The van der Waals surface area contributed by atoms with E-state index in [1.165, 1.54) is 6.21 Å². The third-order valence-corrected chi connectivity index (χ3v) is 3.34. The summed E-state index contributed by atoms with van der Waals surface area (Å²) in [5, 5.41) is 6.71. The van der Waals surface area contributed by atoms with Gasteiger partial charge >= 0.3 is 11.8 Å². The lowest BCUT2D eigenvalue weighted by Gasteiger charge is -2.03. The van der Waals surface area contributed by atoms with E-state index in [4.69, 9.17) is 21.1 Å². The first kappa shape index (κ1) is 15.8. The molecular formula is C16H12ClN3O4. The van der Waals surface area contributed by atoms with Crippen molar-refractivity contribution in [3.63, 3.8) is 0 Å². The fourth-order valence-corrected chi connectivity index (χ4v) is 2.06. The van der Waals surface area contributed by atoms with Crippen molar-refractivity contribution < 1.29 is 19.1 Å². The second-order valence-corrected chi connectivity index (χ2v) is 5.21. The van der Waals surface area contributed by atoms with Crippen molar-refractivity contribution in [2.75, 3.05) is 12.1 Å². The maximum absolute atomic E-state index is 11.7. The predicted octanol–water partition coefficient (Wildman–Crippen LogP) is 2.16. The van der Waals surface area contributed by atoms with Crippen LogP contribution >= 0.6 is 11.6 Å². The summed E-state index contributed by atoms with van der Waals surface area (Å²) in [6.07, 6.45) is 1.40. The van der Waals surface area contributed by atoms with E-state index in [0.717, 1.165) is 0 Å². The molecule has 1 aliphatic heterocycles. The van der Waals surface area contributed by atoms with Crippen molar-refractivity contribution in [2.45, 2.75) is 0 Å². The molecule has 1 heterocycles. The number of carbonyl (C=O) groups is 2. The first-order chi connectivity index (χ1) is 11.6. The Balaban J connectivity index is 1.54. The van der Waals surface area contributed by atoms with E-state index in [0.29, 0.717) is 27.8 Å². The van der Waals surface area contributed by atoms with E-state index in [2.05, 4.69) is 15.8 Å². The normalized spacial score (nSPS) is 12.2. The zero-order valence-electron chi connectivity index (χ0n) is 12.3. The van der Waals surface area contributed by atoms with Gasteiger partial charge in [0.05, 0.1) is 6.21 Å². The number of hydrogen-bond donors (Lipinski definition) is 2. The number of nitrogens with one attached hydrogen (secondary N) is 2. The molecule has 3 rings (SSSR count). The van der Waals surface area contributed by atoms with E-state index in [-0.39, 0.29) is 6.79 Å². The van der Waals surface area contributed by atoms with E-state index in [1.807, 2.05) is 0 Å². The van der Waals surface area contributed by atoms with Crippen LogP contribution in [0.15, 0.2) is 47.6 Å². The molecule has 2 N–H and O–H groups in total. The summed E-state index contributed by atoms with van der Waals surface area (Å²) in [5.41, 5.74) is 3.30. The Morgan fingerprint density at radius 2 is 1.79 bits per heavy atom. The molecule has 24 heavy (non-hydrogen) atoms. The zero-order valence-corrected chi connectivity index (χ0v) is 13.0. The van der Waals surface area contributed by atoms with Gasteiger partial charge in [-0.3, -0.25) is 9.59 Å². The van der Waals surface area contributed by atoms with Crippen LogP contribution in [-0.2, 0) is 9.59 Å². The van der Waals surface area contributed by atoms with Crippen LogP contribution in [0.3, 0.4) is 0 Å².